The molecule has 0 bridgehead atoms. The minimum atomic E-state index is -0.766. The van der Waals surface area contributed by atoms with Crippen LogP contribution in [0.2, 0.25) is 0 Å². The zero-order chi connectivity index (χ0) is 12.3. The van der Waals surface area contributed by atoms with Gasteiger partial charge in [-0.3, -0.25) is 4.21 Å². The maximum Gasteiger partial charge on any atom is 0.0488 e. The second kappa shape index (κ2) is 5.78. The van der Waals surface area contributed by atoms with Gasteiger partial charge < -0.3 is 5.73 Å². The largest absolute Gasteiger partial charge is 0.328 e. The molecule has 1 fully saturated rings. The van der Waals surface area contributed by atoms with Crippen LogP contribution in [-0.4, -0.2) is 15.5 Å². The standard InChI is InChI=1S/C14H21NOS/c1-11-4-2-5-12(8-11)10-17(16)14-7-3-6-13(15)9-14/h2,4-5,8,13-14H,3,6-7,9-10,15H2,1H3. The monoisotopic (exact) mass is 251 g/mol. The molecule has 1 aromatic carbocycles. The summed E-state index contributed by atoms with van der Waals surface area (Å²) in [4.78, 5) is 0. The second-order valence-electron chi connectivity index (χ2n) is 5.06. The van der Waals surface area contributed by atoms with E-state index >= 15 is 0 Å². The molecule has 0 saturated heterocycles. The highest BCUT2D eigenvalue weighted by molar-refractivity contribution is 7.84. The van der Waals surface area contributed by atoms with Crippen molar-refractivity contribution in [1.82, 2.24) is 0 Å². The quantitative estimate of drug-likeness (QED) is 0.897. The first-order chi connectivity index (χ1) is 8.15. The van der Waals surface area contributed by atoms with Crippen molar-refractivity contribution in [2.45, 2.75) is 49.7 Å². The van der Waals surface area contributed by atoms with E-state index in [0.717, 1.165) is 25.7 Å². The van der Waals surface area contributed by atoms with Crippen molar-refractivity contribution in [3.63, 3.8) is 0 Å². The minimum absolute atomic E-state index is 0.259. The van der Waals surface area contributed by atoms with Crippen molar-refractivity contribution in [2.75, 3.05) is 0 Å². The molecule has 3 heteroatoms. The fraction of sp³-hybridized carbons (Fsp3) is 0.571. The van der Waals surface area contributed by atoms with Gasteiger partial charge >= 0.3 is 0 Å². The number of hydrogen-bond acceptors (Lipinski definition) is 2. The Morgan fingerprint density at radius 2 is 2.24 bits per heavy atom. The van der Waals surface area contributed by atoms with E-state index in [1.807, 2.05) is 6.07 Å². The lowest BCUT2D eigenvalue weighted by Gasteiger charge is -2.25. The van der Waals surface area contributed by atoms with Gasteiger partial charge in [-0.05, 0) is 31.7 Å². The first-order valence-corrected chi connectivity index (χ1v) is 7.71. The van der Waals surface area contributed by atoms with Crippen LogP contribution >= 0.6 is 0 Å². The maximum atomic E-state index is 12.3. The molecule has 2 rings (SSSR count). The van der Waals surface area contributed by atoms with Crippen LogP contribution in [0.25, 0.3) is 0 Å². The fourth-order valence-corrected chi connectivity index (χ4v) is 4.14. The molecule has 1 aliphatic carbocycles. The lowest BCUT2D eigenvalue weighted by molar-refractivity contribution is 0.444. The number of nitrogens with two attached hydrogens (primary N) is 1. The van der Waals surface area contributed by atoms with Crippen molar-refractivity contribution in [3.8, 4) is 0 Å². The Labute approximate surface area is 106 Å². The molecule has 2 N–H and O–H groups in total. The molecular formula is C14H21NOS. The number of hydrogen-bond donors (Lipinski definition) is 1. The summed E-state index contributed by atoms with van der Waals surface area (Å²) in [7, 11) is -0.766. The predicted octanol–water partition coefficient (Wildman–Crippen LogP) is 2.51. The van der Waals surface area contributed by atoms with Gasteiger partial charge in [-0.1, -0.05) is 36.2 Å². The van der Waals surface area contributed by atoms with E-state index in [9.17, 15) is 4.21 Å². The van der Waals surface area contributed by atoms with E-state index < -0.39 is 10.8 Å². The van der Waals surface area contributed by atoms with Crippen LogP contribution in [0.3, 0.4) is 0 Å². The maximum absolute atomic E-state index is 12.3. The van der Waals surface area contributed by atoms with Crippen LogP contribution in [0.5, 0.6) is 0 Å². The summed E-state index contributed by atoms with van der Waals surface area (Å²) in [6, 6.07) is 8.56. The summed E-state index contributed by atoms with van der Waals surface area (Å²) in [5.74, 6) is 0.680. The van der Waals surface area contributed by atoms with Gasteiger partial charge in [0.05, 0.1) is 0 Å². The van der Waals surface area contributed by atoms with Gasteiger partial charge in [-0.15, -0.1) is 0 Å². The molecule has 3 unspecified atom stereocenters. The molecule has 0 aromatic heterocycles. The lowest BCUT2D eigenvalue weighted by Crippen LogP contribution is -2.33. The Hall–Kier alpha value is -0.670. The summed E-state index contributed by atoms with van der Waals surface area (Å²) in [5, 5.41) is 0.305. The third-order valence-electron chi connectivity index (χ3n) is 3.43. The average Bonchev–Trinajstić information content (AvgIpc) is 2.29. The highest BCUT2D eigenvalue weighted by Crippen LogP contribution is 2.23. The van der Waals surface area contributed by atoms with Gasteiger partial charge in [0.25, 0.3) is 0 Å². The zero-order valence-corrected chi connectivity index (χ0v) is 11.2. The highest BCUT2D eigenvalue weighted by atomic mass is 32.2. The van der Waals surface area contributed by atoms with E-state index in [-0.39, 0.29) is 6.04 Å². The third-order valence-corrected chi connectivity index (χ3v) is 5.22. The van der Waals surface area contributed by atoms with Crippen LogP contribution < -0.4 is 5.73 Å². The van der Waals surface area contributed by atoms with Crippen LogP contribution in [0, 0.1) is 6.92 Å². The van der Waals surface area contributed by atoms with E-state index in [1.54, 1.807) is 0 Å². The third kappa shape index (κ3) is 3.65. The van der Waals surface area contributed by atoms with Crippen LogP contribution in [0.1, 0.15) is 36.8 Å². The minimum Gasteiger partial charge on any atom is -0.328 e. The average molecular weight is 251 g/mol. The Morgan fingerprint density at radius 1 is 1.41 bits per heavy atom. The van der Waals surface area contributed by atoms with Gasteiger partial charge in [-0.2, -0.15) is 0 Å². The van der Waals surface area contributed by atoms with Crippen molar-refractivity contribution >= 4 is 10.8 Å². The fourth-order valence-electron chi connectivity index (χ4n) is 2.50. The molecule has 0 aliphatic heterocycles. The SMILES string of the molecule is Cc1cccc(CS(=O)C2CCCC(N)C2)c1. The van der Waals surface area contributed by atoms with E-state index in [4.69, 9.17) is 5.73 Å². The van der Waals surface area contributed by atoms with Gasteiger partial charge in [0.1, 0.15) is 0 Å². The Bertz CT molecular complexity index is 405. The van der Waals surface area contributed by atoms with E-state index in [2.05, 4.69) is 25.1 Å². The van der Waals surface area contributed by atoms with Gasteiger partial charge in [0, 0.05) is 27.8 Å². The van der Waals surface area contributed by atoms with Crippen LogP contribution in [0.4, 0.5) is 0 Å². The molecule has 0 heterocycles. The van der Waals surface area contributed by atoms with Gasteiger partial charge in [0.2, 0.25) is 0 Å². The molecule has 94 valence electrons. The topological polar surface area (TPSA) is 43.1 Å². The molecule has 1 saturated carbocycles. The number of benzene rings is 1. The first kappa shape index (κ1) is 12.8. The molecule has 3 atom stereocenters. The number of rotatable bonds is 3. The van der Waals surface area contributed by atoms with E-state index in [1.165, 1.54) is 11.1 Å². The highest BCUT2D eigenvalue weighted by Gasteiger charge is 2.24. The molecule has 2 nitrogen and oxygen atoms in total. The summed E-state index contributed by atoms with van der Waals surface area (Å²) in [5.41, 5.74) is 8.36. The summed E-state index contributed by atoms with van der Waals surface area (Å²) in [6.07, 6.45) is 4.23. The smallest absolute Gasteiger partial charge is 0.0488 e. The van der Waals surface area contributed by atoms with Crippen LogP contribution in [-0.2, 0) is 16.6 Å². The summed E-state index contributed by atoms with van der Waals surface area (Å²) >= 11 is 0. The normalized spacial score (nSPS) is 26.7. The molecular weight excluding hydrogens is 230 g/mol. The molecule has 0 spiro atoms. The molecule has 1 aromatic rings. The lowest BCUT2D eigenvalue weighted by atomic mass is 9.96. The van der Waals surface area contributed by atoms with E-state index in [0.29, 0.717) is 11.0 Å². The van der Waals surface area contributed by atoms with Gasteiger partial charge in [0.15, 0.2) is 0 Å². The predicted molar refractivity (Wildman–Crippen MR) is 73.3 cm³/mol. The van der Waals surface area contributed by atoms with Crippen molar-refractivity contribution in [2.24, 2.45) is 5.73 Å². The zero-order valence-electron chi connectivity index (χ0n) is 10.4. The second-order valence-corrected chi connectivity index (χ2v) is 6.78. The molecule has 0 radical (unpaired) electrons. The Kier molecular flexibility index (Phi) is 4.35. The number of aryl methyl sites for hydroxylation is 1. The Balaban J connectivity index is 1.96. The molecule has 0 amide bonds. The first-order valence-electron chi connectivity index (χ1n) is 6.33. The van der Waals surface area contributed by atoms with Gasteiger partial charge in [-0.25, -0.2) is 0 Å². The van der Waals surface area contributed by atoms with Crippen LogP contribution in [0.15, 0.2) is 24.3 Å². The molecule has 1 aliphatic rings. The molecule has 17 heavy (non-hydrogen) atoms. The van der Waals surface area contributed by atoms with Crippen molar-refractivity contribution in [1.29, 1.82) is 0 Å². The van der Waals surface area contributed by atoms with Crippen molar-refractivity contribution in [3.05, 3.63) is 35.4 Å². The summed E-state index contributed by atoms with van der Waals surface area (Å²) in [6.45, 7) is 2.07. The summed E-state index contributed by atoms with van der Waals surface area (Å²) < 4.78 is 12.3. The van der Waals surface area contributed by atoms with Crippen molar-refractivity contribution < 1.29 is 4.21 Å². The Morgan fingerprint density at radius 3 is 2.94 bits per heavy atom.